The molecule has 0 saturated heterocycles. The van der Waals surface area contributed by atoms with Crippen LogP contribution in [-0.2, 0) is 4.79 Å². The standard InChI is InChI=1S/C11H13NO3S/c1-12-7(11(13)14)6-16-9-5-3-4-8(15-2)10(9)12/h3-5,7H,6H2,1-2H3,(H,13,14). The smallest absolute Gasteiger partial charge is 0.327 e. The van der Waals surface area contributed by atoms with Crippen molar-refractivity contribution in [2.45, 2.75) is 10.9 Å². The number of carbonyl (C=O) groups is 1. The molecular weight excluding hydrogens is 226 g/mol. The molecule has 2 rings (SSSR count). The number of methoxy groups -OCH3 is 1. The van der Waals surface area contributed by atoms with E-state index >= 15 is 0 Å². The van der Waals surface area contributed by atoms with E-state index in [1.165, 1.54) is 0 Å². The predicted molar refractivity (Wildman–Crippen MR) is 63.5 cm³/mol. The number of fused-ring (bicyclic) bond motifs is 1. The lowest BCUT2D eigenvalue weighted by molar-refractivity contribution is -0.138. The van der Waals surface area contributed by atoms with Crippen LogP contribution in [0.2, 0.25) is 0 Å². The zero-order valence-corrected chi connectivity index (χ0v) is 9.95. The van der Waals surface area contributed by atoms with Crippen molar-refractivity contribution in [3.05, 3.63) is 18.2 Å². The molecule has 1 aromatic rings. The number of aliphatic carboxylic acids is 1. The number of para-hydroxylation sites is 1. The summed E-state index contributed by atoms with van der Waals surface area (Å²) in [4.78, 5) is 13.9. The zero-order valence-electron chi connectivity index (χ0n) is 9.14. The van der Waals surface area contributed by atoms with E-state index < -0.39 is 12.0 Å². The van der Waals surface area contributed by atoms with Gasteiger partial charge in [0.05, 0.1) is 12.8 Å². The topological polar surface area (TPSA) is 49.8 Å². The average Bonchev–Trinajstić information content (AvgIpc) is 2.28. The first-order valence-electron chi connectivity index (χ1n) is 4.90. The molecule has 0 bridgehead atoms. The first-order valence-corrected chi connectivity index (χ1v) is 5.89. The maximum Gasteiger partial charge on any atom is 0.327 e. The van der Waals surface area contributed by atoms with E-state index in [1.807, 2.05) is 18.2 Å². The lowest BCUT2D eigenvalue weighted by Gasteiger charge is -2.33. The Balaban J connectivity index is 2.45. The molecule has 0 aromatic heterocycles. The summed E-state index contributed by atoms with van der Waals surface area (Å²) < 4.78 is 5.26. The van der Waals surface area contributed by atoms with Gasteiger partial charge < -0.3 is 14.7 Å². The summed E-state index contributed by atoms with van der Waals surface area (Å²) in [6.45, 7) is 0. The highest BCUT2D eigenvalue weighted by atomic mass is 32.2. The van der Waals surface area contributed by atoms with Gasteiger partial charge in [0.2, 0.25) is 0 Å². The number of rotatable bonds is 2. The fourth-order valence-electron chi connectivity index (χ4n) is 1.80. The van der Waals surface area contributed by atoms with E-state index in [4.69, 9.17) is 9.84 Å². The lowest BCUT2D eigenvalue weighted by Crippen LogP contribution is -2.42. The Hall–Kier alpha value is -1.36. The highest BCUT2D eigenvalue weighted by Gasteiger charge is 2.31. The molecule has 0 saturated carbocycles. The molecule has 0 aliphatic carbocycles. The molecule has 4 nitrogen and oxygen atoms in total. The van der Waals surface area contributed by atoms with Gasteiger partial charge in [0, 0.05) is 17.7 Å². The van der Waals surface area contributed by atoms with E-state index in [9.17, 15) is 4.79 Å². The Kier molecular flexibility index (Phi) is 2.96. The average molecular weight is 239 g/mol. The van der Waals surface area contributed by atoms with Crippen LogP contribution in [0.1, 0.15) is 0 Å². The minimum Gasteiger partial charge on any atom is -0.495 e. The fourth-order valence-corrected chi connectivity index (χ4v) is 3.06. The van der Waals surface area contributed by atoms with Crippen LogP contribution in [0.4, 0.5) is 5.69 Å². The lowest BCUT2D eigenvalue weighted by atomic mass is 10.2. The Labute approximate surface area is 98.2 Å². The third-order valence-electron chi connectivity index (χ3n) is 2.68. The summed E-state index contributed by atoms with van der Waals surface area (Å²) in [5.41, 5.74) is 0.869. The summed E-state index contributed by atoms with van der Waals surface area (Å²) in [6.07, 6.45) is 0. The largest absolute Gasteiger partial charge is 0.495 e. The second-order valence-corrected chi connectivity index (χ2v) is 4.64. The van der Waals surface area contributed by atoms with Crippen molar-refractivity contribution in [3.8, 4) is 5.75 Å². The maximum absolute atomic E-state index is 11.1. The Morgan fingerprint density at radius 1 is 1.62 bits per heavy atom. The second kappa shape index (κ2) is 4.25. The van der Waals surface area contributed by atoms with Crippen molar-refractivity contribution < 1.29 is 14.6 Å². The summed E-state index contributed by atoms with van der Waals surface area (Å²) in [7, 11) is 3.39. The third kappa shape index (κ3) is 1.71. The molecule has 1 N–H and O–H groups in total. The van der Waals surface area contributed by atoms with Gasteiger partial charge in [-0.25, -0.2) is 4.79 Å². The number of nitrogens with zero attached hydrogens (tertiary/aromatic N) is 1. The minimum atomic E-state index is -0.799. The molecule has 0 radical (unpaired) electrons. The van der Waals surface area contributed by atoms with E-state index in [-0.39, 0.29) is 0 Å². The van der Waals surface area contributed by atoms with Crippen molar-refractivity contribution in [2.75, 3.05) is 24.8 Å². The molecule has 0 spiro atoms. The molecule has 1 aliphatic rings. The molecule has 16 heavy (non-hydrogen) atoms. The van der Waals surface area contributed by atoms with Crippen LogP contribution in [0, 0.1) is 0 Å². The van der Waals surface area contributed by atoms with Crippen LogP contribution in [-0.4, -0.2) is 37.0 Å². The molecule has 1 aliphatic heterocycles. The van der Waals surface area contributed by atoms with Crippen molar-refractivity contribution >= 4 is 23.4 Å². The predicted octanol–water partition coefficient (Wildman–Crippen LogP) is 1.69. The number of anilines is 1. The van der Waals surface area contributed by atoms with Crippen LogP contribution in [0.3, 0.4) is 0 Å². The van der Waals surface area contributed by atoms with E-state index in [0.717, 1.165) is 16.3 Å². The SMILES string of the molecule is COc1cccc2c1N(C)C(C(=O)O)CS2. The second-order valence-electron chi connectivity index (χ2n) is 3.58. The van der Waals surface area contributed by atoms with E-state index in [0.29, 0.717) is 5.75 Å². The maximum atomic E-state index is 11.1. The number of hydrogen-bond donors (Lipinski definition) is 1. The van der Waals surface area contributed by atoms with E-state index in [2.05, 4.69) is 0 Å². The van der Waals surface area contributed by atoms with Crippen molar-refractivity contribution in [1.29, 1.82) is 0 Å². The summed E-state index contributed by atoms with van der Waals surface area (Å²) in [5, 5.41) is 9.10. The Morgan fingerprint density at radius 3 is 3.00 bits per heavy atom. The number of likely N-dealkylation sites (N-methyl/N-ethyl adjacent to an activating group) is 1. The van der Waals surface area contributed by atoms with Crippen LogP contribution >= 0.6 is 11.8 Å². The molecule has 1 atom stereocenters. The summed E-state index contributed by atoms with van der Waals surface area (Å²) in [5.74, 6) is 0.483. The number of carboxylic acids is 1. The van der Waals surface area contributed by atoms with Gasteiger partial charge in [0.25, 0.3) is 0 Å². The van der Waals surface area contributed by atoms with Gasteiger partial charge in [0.1, 0.15) is 11.8 Å². The number of ether oxygens (including phenoxy) is 1. The van der Waals surface area contributed by atoms with Gasteiger partial charge in [0.15, 0.2) is 0 Å². The van der Waals surface area contributed by atoms with Gasteiger partial charge in [-0.3, -0.25) is 0 Å². The van der Waals surface area contributed by atoms with Crippen LogP contribution in [0.25, 0.3) is 0 Å². The number of hydrogen-bond acceptors (Lipinski definition) is 4. The van der Waals surface area contributed by atoms with Gasteiger partial charge in [-0.15, -0.1) is 11.8 Å². The molecule has 0 amide bonds. The van der Waals surface area contributed by atoms with E-state index in [1.54, 1.807) is 30.8 Å². The van der Waals surface area contributed by atoms with Gasteiger partial charge in [-0.2, -0.15) is 0 Å². The van der Waals surface area contributed by atoms with Crippen molar-refractivity contribution in [2.24, 2.45) is 0 Å². The van der Waals surface area contributed by atoms with Gasteiger partial charge >= 0.3 is 5.97 Å². The third-order valence-corrected chi connectivity index (χ3v) is 3.81. The minimum absolute atomic E-state index is 0.492. The van der Waals surface area contributed by atoms with Crippen LogP contribution in [0.15, 0.2) is 23.1 Å². The normalized spacial score (nSPS) is 19.1. The first-order chi connectivity index (χ1) is 7.65. The van der Waals surface area contributed by atoms with Crippen molar-refractivity contribution in [3.63, 3.8) is 0 Å². The number of benzene rings is 1. The molecular formula is C11H13NO3S. The zero-order chi connectivity index (χ0) is 11.7. The highest BCUT2D eigenvalue weighted by Crippen LogP contribution is 2.42. The molecule has 5 heteroatoms. The van der Waals surface area contributed by atoms with Gasteiger partial charge in [-0.05, 0) is 12.1 Å². The fraction of sp³-hybridized carbons (Fsp3) is 0.364. The molecule has 1 heterocycles. The molecule has 1 aromatic carbocycles. The highest BCUT2D eigenvalue weighted by molar-refractivity contribution is 7.99. The number of carboxylic acid groups (broad SMARTS) is 1. The monoisotopic (exact) mass is 239 g/mol. The van der Waals surface area contributed by atoms with Crippen LogP contribution < -0.4 is 9.64 Å². The first kappa shape index (κ1) is 11.1. The summed E-state index contributed by atoms with van der Waals surface area (Å²) in [6, 6.07) is 5.25. The van der Waals surface area contributed by atoms with Gasteiger partial charge in [-0.1, -0.05) is 6.07 Å². The number of thioether (sulfide) groups is 1. The Morgan fingerprint density at radius 2 is 2.38 bits per heavy atom. The van der Waals surface area contributed by atoms with Crippen LogP contribution in [0.5, 0.6) is 5.75 Å². The molecule has 86 valence electrons. The molecule has 0 fully saturated rings. The summed E-state index contributed by atoms with van der Waals surface area (Å²) >= 11 is 1.56. The Bertz CT molecular complexity index is 407. The molecule has 1 unspecified atom stereocenters. The van der Waals surface area contributed by atoms with Crippen molar-refractivity contribution in [1.82, 2.24) is 0 Å². The quantitative estimate of drug-likeness (QED) is 0.851.